The van der Waals surface area contributed by atoms with Crippen molar-refractivity contribution in [3.63, 3.8) is 0 Å². The van der Waals surface area contributed by atoms with Crippen molar-refractivity contribution < 1.29 is 28.6 Å². The van der Waals surface area contributed by atoms with E-state index in [1.165, 1.54) is 29.2 Å². The summed E-state index contributed by atoms with van der Waals surface area (Å²) in [7, 11) is 0. The van der Waals surface area contributed by atoms with Gasteiger partial charge in [-0.3, -0.25) is 4.90 Å². The SMILES string of the molecule is O=C(NCCCl)Nc1ccc(O)cc1F.O=C1NCCN1c1ccc(O)cc1F. The van der Waals surface area contributed by atoms with Gasteiger partial charge in [0, 0.05) is 37.6 Å². The molecule has 3 rings (SSSR count). The zero-order chi connectivity index (χ0) is 21.4. The van der Waals surface area contributed by atoms with Crippen LogP contribution in [-0.2, 0) is 0 Å². The fraction of sp³-hybridized carbons (Fsp3) is 0.222. The molecule has 11 heteroatoms. The van der Waals surface area contributed by atoms with Crippen molar-refractivity contribution in [1.29, 1.82) is 0 Å². The Morgan fingerprint density at radius 2 is 1.79 bits per heavy atom. The Hall–Kier alpha value is -3.27. The quantitative estimate of drug-likeness (QED) is 0.380. The number of nitrogens with zero attached hydrogens (tertiary/aromatic N) is 1. The van der Waals surface area contributed by atoms with E-state index >= 15 is 0 Å². The lowest BCUT2D eigenvalue weighted by Gasteiger charge is -2.14. The summed E-state index contributed by atoms with van der Waals surface area (Å²) in [6.07, 6.45) is 0. The average molecular weight is 429 g/mol. The molecule has 1 heterocycles. The number of amides is 4. The molecule has 0 radical (unpaired) electrons. The maximum atomic E-state index is 13.3. The average Bonchev–Trinajstić information content (AvgIpc) is 3.09. The van der Waals surface area contributed by atoms with E-state index in [-0.39, 0.29) is 34.8 Å². The molecule has 1 fully saturated rings. The fourth-order valence-corrected chi connectivity index (χ4v) is 2.44. The second kappa shape index (κ2) is 10.3. The Kier molecular flexibility index (Phi) is 7.84. The van der Waals surface area contributed by atoms with Crippen molar-refractivity contribution in [3.05, 3.63) is 48.0 Å². The molecule has 0 aromatic heterocycles. The second-order valence-corrected chi connectivity index (χ2v) is 6.13. The Bertz CT molecular complexity index is 885. The van der Waals surface area contributed by atoms with Gasteiger partial charge in [-0.05, 0) is 24.3 Å². The van der Waals surface area contributed by atoms with Gasteiger partial charge in [0.05, 0.1) is 11.4 Å². The number of halogens is 3. The van der Waals surface area contributed by atoms with Crippen LogP contribution in [0.5, 0.6) is 11.5 Å². The summed E-state index contributed by atoms with van der Waals surface area (Å²) in [5.41, 5.74) is 0.192. The van der Waals surface area contributed by atoms with Crippen molar-refractivity contribution in [1.82, 2.24) is 10.6 Å². The summed E-state index contributed by atoms with van der Waals surface area (Å²) >= 11 is 5.35. The number of hydrogen-bond acceptors (Lipinski definition) is 4. The minimum Gasteiger partial charge on any atom is -0.508 e. The highest BCUT2D eigenvalue weighted by Gasteiger charge is 2.23. The molecule has 8 nitrogen and oxygen atoms in total. The molecule has 1 saturated heterocycles. The number of nitrogens with one attached hydrogen (secondary N) is 3. The van der Waals surface area contributed by atoms with Gasteiger partial charge in [-0.2, -0.15) is 0 Å². The zero-order valence-corrected chi connectivity index (χ0v) is 15.8. The lowest BCUT2D eigenvalue weighted by atomic mass is 10.2. The highest BCUT2D eigenvalue weighted by Crippen LogP contribution is 2.24. The molecular weight excluding hydrogens is 410 g/mol. The van der Waals surface area contributed by atoms with E-state index in [0.29, 0.717) is 19.6 Å². The van der Waals surface area contributed by atoms with E-state index in [1.54, 1.807) is 0 Å². The molecule has 1 aliphatic rings. The molecule has 29 heavy (non-hydrogen) atoms. The monoisotopic (exact) mass is 428 g/mol. The number of anilines is 2. The Labute approximate surface area is 170 Å². The molecule has 0 atom stereocenters. The molecule has 0 aliphatic carbocycles. The van der Waals surface area contributed by atoms with Gasteiger partial charge in [0.25, 0.3) is 0 Å². The van der Waals surface area contributed by atoms with Crippen LogP contribution in [0.15, 0.2) is 36.4 Å². The molecular formula is C18H19ClF2N4O4. The van der Waals surface area contributed by atoms with Gasteiger partial charge >= 0.3 is 12.1 Å². The predicted molar refractivity (Wildman–Crippen MR) is 105 cm³/mol. The van der Waals surface area contributed by atoms with Gasteiger partial charge in [-0.1, -0.05) is 0 Å². The molecule has 4 amide bonds. The predicted octanol–water partition coefficient (Wildman–Crippen LogP) is 2.95. The van der Waals surface area contributed by atoms with Crippen LogP contribution in [0.25, 0.3) is 0 Å². The van der Waals surface area contributed by atoms with Gasteiger partial charge < -0.3 is 26.2 Å². The molecule has 0 spiro atoms. The maximum Gasteiger partial charge on any atom is 0.322 e. The standard InChI is InChI=1S/C9H10ClFN2O2.C9H9FN2O2/c10-3-4-12-9(15)13-8-2-1-6(14)5-7(8)11;10-7-5-6(13)1-2-8(7)12-4-3-11-9(12)14/h1-2,5,14H,3-4H2,(H2,12,13,15);1-2,5,13H,3-4H2,(H,11,14). The zero-order valence-electron chi connectivity index (χ0n) is 15.1. The van der Waals surface area contributed by atoms with Crippen LogP contribution >= 0.6 is 11.6 Å². The van der Waals surface area contributed by atoms with Crippen molar-refractivity contribution in [2.45, 2.75) is 0 Å². The summed E-state index contributed by atoms with van der Waals surface area (Å²) < 4.78 is 26.4. The summed E-state index contributed by atoms with van der Waals surface area (Å²) in [6, 6.07) is 6.33. The summed E-state index contributed by atoms with van der Waals surface area (Å²) in [5, 5.41) is 25.2. The highest BCUT2D eigenvalue weighted by atomic mass is 35.5. The van der Waals surface area contributed by atoms with E-state index in [1.807, 2.05) is 0 Å². The lowest BCUT2D eigenvalue weighted by molar-refractivity contribution is 0.251. The van der Waals surface area contributed by atoms with E-state index < -0.39 is 17.7 Å². The highest BCUT2D eigenvalue weighted by molar-refractivity contribution is 6.18. The van der Waals surface area contributed by atoms with E-state index in [9.17, 15) is 18.4 Å². The van der Waals surface area contributed by atoms with Crippen molar-refractivity contribution >= 4 is 35.0 Å². The van der Waals surface area contributed by atoms with Crippen LogP contribution < -0.4 is 20.9 Å². The van der Waals surface area contributed by atoms with E-state index in [4.69, 9.17) is 21.8 Å². The molecule has 5 N–H and O–H groups in total. The Balaban J connectivity index is 0.000000207. The topological polar surface area (TPSA) is 114 Å². The number of carbonyl (C=O) groups excluding carboxylic acids is 2. The van der Waals surface area contributed by atoms with Gasteiger partial charge in [0.1, 0.15) is 17.3 Å². The molecule has 2 aromatic carbocycles. The number of phenolic OH excluding ortho intramolecular Hbond substituents is 2. The first-order chi connectivity index (χ1) is 13.8. The summed E-state index contributed by atoms with van der Waals surface area (Å²) in [4.78, 5) is 23.6. The van der Waals surface area contributed by atoms with Crippen LogP contribution in [0.1, 0.15) is 0 Å². The van der Waals surface area contributed by atoms with E-state index in [2.05, 4.69) is 16.0 Å². The molecule has 1 aliphatic heterocycles. The smallest absolute Gasteiger partial charge is 0.322 e. The van der Waals surface area contributed by atoms with Gasteiger partial charge in [-0.25, -0.2) is 18.4 Å². The first kappa shape index (κ1) is 22.0. The summed E-state index contributed by atoms with van der Waals surface area (Å²) in [5.74, 6) is -1.35. The molecule has 156 valence electrons. The van der Waals surface area contributed by atoms with Gasteiger partial charge in [0.15, 0.2) is 5.82 Å². The van der Waals surface area contributed by atoms with Crippen LogP contribution in [0.3, 0.4) is 0 Å². The third-order valence-electron chi connectivity index (χ3n) is 3.66. The van der Waals surface area contributed by atoms with Crippen LogP contribution in [0, 0.1) is 11.6 Å². The van der Waals surface area contributed by atoms with Gasteiger partial charge in [0.2, 0.25) is 0 Å². The first-order valence-corrected chi connectivity index (χ1v) is 8.98. The summed E-state index contributed by atoms with van der Waals surface area (Å²) in [6.45, 7) is 1.26. The van der Waals surface area contributed by atoms with E-state index in [0.717, 1.165) is 12.1 Å². The molecule has 0 bridgehead atoms. The minimum absolute atomic E-state index is 0.000118. The number of alkyl halides is 1. The van der Waals surface area contributed by atoms with Gasteiger partial charge in [-0.15, -0.1) is 11.6 Å². The Morgan fingerprint density at radius 3 is 2.34 bits per heavy atom. The maximum absolute atomic E-state index is 13.3. The fourth-order valence-electron chi connectivity index (χ4n) is 2.35. The molecule has 0 saturated carbocycles. The van der Waals surface area contributed by atoms with Crippen LogP contribution in [-0.4, -0.2) is 47.8 Å². The van der Waals surface area contributed by atoms with Crippen LogP contribution in [0.4, 0.5) is 29.7 Å². The number of hydrogen-bond donors (Lipinski definition) is 5. The van der Waals surface area contributed by atoms with Crippen molar-refractivity contribution in [2.24, 2.45) is 0 Å². The number of aromatic hydroxyl groups is 2. The Morgan fingerprint density at radius 1 is 1.14 bits per heavy atom. The molecule has 2 aromatic rings. The first-order valence-electron chi connectivity index (χ1n) is 8.45. The lowest BCUT2D eigenvalue weighted by Crippen LogP contribution is -2.30. The largest absolute Gasteiger partial charge is 0.508 e. The van der Waals surface area contributed by atoms with Crippen LogP contribution in [0.2, 0.25) is 0 Å². The number of phenols is 2. The third kappa shape index (κ3) is 6.39. The van der Waals surface area contributed by atoms with Crippen molar-refractivity contribution in [3.8, 4) is 11.5 Å². The minimum atomic E-state index is -0.698. The number of carbonyl (C=O) groups is 2. The molecule has 0 unspecified atom stereocenters. The normalized spacial score (nSPS) is 12.7. The third-order valence-corrected chi connectivity index (χ3v) is 3.85. The second-order valence-electron chi connectivity index (χ2n) is 5.75. The number of rotatable bonds is 4. The number of benzene rings is 2. The number of urea groups is 2. The van der Waals surface area contributed by atoms with Crippen molar-refractivity contribution in [2.75, 3.05) is 35.7 Å².